The average molecular weight is 257 g/mol. The van der Waals surface area contributed by atoms with Crippen LogP contribution in [0.5, 0.6) is 0 Å². The van der Waals surface area contributed by atoms with E-state index in [9.17, 15) is 0 Å². The number of fused-ring (bicyclic) bond motifs is 3. The first-order valence-electron chi connectivity index (χ1n) is 6.58. The summed E-state index contributed by atoms with van der Waals surface area (Å²) < 4.78 is 0. The first-order chi connectivity index (χ1) is 8.69. The molecule has 0 heterocycles. The first kappa shape index (κ1) is 11.8. The van der Waals surface area contributed by atoms with E-state index in [2.05, 4.69) is 43.3 Å². The molecule has 2 aromatic carbocycles. The third-order valence-corrected chi connectivity index (χ3v) is 4.09. The van der Waals surface area contributed by atoms with Crippen molar-refractivity contribution in [2.75, 3.05) is 0 Å². The number of aryl methyl sites for hydroxylation is 1. The highest BCUT2D eigenvalue weighted by Gasteiger charge is 2.19. The Balaban J connectivity index is 2.07. The lowest BCUT2D eigenvalue weighted by molar-refractivity contribution is 1.07. The minimum absolute atomic E-state index is 0.0882. The smallest absolute Gasteiger partial charge is 0.0557 e. The molecule has 0 amide bonds. The Bertz CT molecular complexity index is 597. The normalized spacial score (nSPS) is 14.2. The zero-order chi connectivity index (χ0) is 12.7. The van der Waals surface area contributed by atoms with Crippen LogP contribution in [0.3, 0.4) is 0 Å². The first-order valence-corrected chi connectivity index (χ1v) is 7.01. The molecule has 1 unspecified atom stereocenters. The molecule has 3 rings (SSSR count). The van der Waals surface area contributed by atoms with Gasteiger partial charge < -0.3 is 0 Å². The molecule has 0 nitrogen and oxygen atoms in total. The van der Waals surface area contributed by atoms with Crippen LogP contribution in [-0.2, 0) is 12.8 Å². The van der Waals surface area contributed by atoms with E-state index in [1.54, 1.807) is 0 Å². The maximum Gasteiger partial charge on any atom is 0.0557 e. The maximum absolute atomic E-state index is 6.16. The van der Waals surface area contributed by atoms with Crippen molar-refractivity contribution in [1.82, 2.24) is 0 Å². The molecule has 1 atom stereocenters. The minimum atomic E-state index is 0.0882. The van der Waals surface area contributed by atoms with Crippen LogP contribution in [0, 0.1) is 0 Å². The molecule has 0 bridgehead atoms. The van der Waals surface area contributed by atoms with Crippen molar-refractivity contribution in [2.24, 2.45) is 0 Å². The van der Waals surface area contributed by atoms with Gasteiger partial charge in [-0.1, -0.05) is 43.3 Å². The summed E-state index contributed by atoms with van der Waals surface area (Å²) >= 11 is 6.16. The van der Waals surface area contributed by atoms with Crippen molar-refractivity contribution in [3.63, 3.8) is 0 Å². The van der Waals surface area contributed by atoms with Crippen molar-refractivity contribution in [2.45, 2.75) is 32.1 Å². The van der Waals surface area contributed by atoms with Gasteiger partial charge >= 0.3 is 0 Å². The SMILES string of the molecule is CCc1ccc2c(c1)Cc1cc(C(C)Cl)ccc1-2. The van der Waals surface area contributed by atoms with Crippen LogP contribution in [-0.4, -0.2) is 0 Å². The molecular weight excluding hydrogens is 240 g/mol. The van der Waals surface area contributed by atoms with Gasteiger partial charge in [0.1, 0.15) is 0 Å². The van der Waals surface area contributed by atoms with E-state index >= 15 is 0 Å². The Morgan fingerprint density at radius 3 is 2.39 bits per heavy atom. The van der Waals surface area contributed by atoms with E-state index in [-0.39, 0.29) is 5.38 Å². The molecule has 2 aromatic rings. The summed E-state index contributed by atoms with van der Waals surface area (Å²) in [5.74, 6) is 0. The van der Waals surface area contributed by atoms with Gasteiger partial charge in [-0.25, -0.2) is 0 Å². The number of halogens is 1. The van der Waals surface area contributed by atoms with Gasteiger partial charge in [0.25, 0.3) is 0 Å². The summed E-state index contributed by atoms with van der Waals surface area (Å²) in [4.78, 5) is 0. The Kier molecular flexibility index (Phi) is 2.91. The molecule has 1 heteroatoms. The molecule has 0 spiro atoms. The fourth-order valence-electron chi connectivity index (χ4n) is 2.75. The summed E-state index contributed by atoms with van der Waals surface area (Å²) in [6.45, 7) is 4.23. The third-order valence-electron chi connectivity index (χ3n) is 3.84. The van der Waals surface area contributed by atoms with Crippen LogP contribution < -0.4 is 0 Å². The molecular formula is C17H17Cl. The van der Waals surface area contributed by atoms with Crippen molar-refractivity contribution in [3.8, 4) is 11.1 Å². The Morgan fingerprint density at radius 2 is 1.72 bits per heavy atom. The van der Waals surface area contributed by atoms with Crippen LogP contribution in [0.4, 0.5) is 0 Å². The second kappa shape index (κ2) is 4.44. The Morgan fingerprint density at radius 1 is 1.06 bits per heavy atom. The van der Waals surface area contributed by atoms with Gasteiger partial charge in [0.15, 0.2) is 0 Å². The monoisotopic (exact) mass is 256 g/mol. The summed E-state index contributed by atoms with van der Waals surface area (Å²) in [5.41, 5.74) is 8.31. The highest BCUT2D eigenvalue weighted by atomic mass is 35.5. The van der Waals surface area contributed by atoms with Gasteiger partial charge in [-0.2, -0.15) is 0 Å². The van der Waals surface area contributed by atoms with Gasteiger partial charge in [0.2, 0.25) is 0 Å². The van der Waals surface area contributed by atoms with Crippen LogP contribution in [0.2, 0.25) is 0 Å². The van der Waals surface area contributed by atoms with Gasteiger partial charge in [0, 0.05) is 0 Å². The molecule has 0 saturated carbocycles. The standard InChI is InChI=1S/C17H17Cl/c1-3-12-4-6-16-14(8-12)10-15-9-13(11(2)18)5-7-17(15)16/h4-9,11H,3,10H2,1-2H3. The van der Waals surface area contributed by atoms with E-state index in [1.165, 1.54) is 33.4 Å². The second-order valence-corrected chi connectivity index (χ2v) is 5.71. The number of alkyl halides is 1. The van der Waals surface area contributed by atoms with E-state index in [1.807, 2.05) is 6.92 Å². The lowest BCUT2D eigenvalue weighted by atomic mass is 10.0. The third kappa shape index (κ3) is 1.85. The van der Waals surface area contributed by atoms with Crippen molar-refractivity contribution in [3.05, 3.63) is 58.7 Å². The van der Waals surface area contributed by atoms with Crippen LogP contribution >= 0.6 is 11.6 Å². The summed E-state index contributed by atoms with van der Waals surface area (Å²) in [5, 5.41) is 0.0882. The predicted molar refractivity (Wildman–Crippen MR) is 78.3 cm³/mol. The molecule has 0 aliphatic heterocycles. The van der Waals surface area contributed by atoms with E-state index in [0.29, 0.717) is 0 Å². The minimum Gasteiger partial charge on any atom is -0.118 e. The fraction of sp³-hybridized carbons (Fsp3) is 0.294. The van der Waals surface area contributed by atoms with Crippen molar-refractivity contribution in [1.29, 1.82) is 0 Å². The maximum atomic E-state index is 6.16. The highest BCUT2D eigenvalue weighted by Crippen LogP contribution is 2.38. The number of rotatable bonds is 2. The Labute approximate surface area is 114 Å². The lowest BCUT2D eigenvalue weighted by Crippen LogP contribution is -1.87. The van der Waals surface area contributed by atoms with Crippen LogP contribution in [0.1, 0.15) is 41.5 Å². The molecule has 1 aliphatic carbocycles. The summed E-state index contributed by atoms with van der Waals surface area (Å²) in [6, 6.07) is 13.5. The number of hydrogen-bond acceptors (Lipinski definition) is 0. The van der Waals surface area contributed by atoms with Crippen molar-refractivity contribution >= 4 is 11.6 Å². The van der Waals surface area contributed by atoms with E-state index in [4.69, 9.17) is 11.6 Å². The van der Waals surface area contributed by atoms with Crippen LogP contribution in [0.15, 0.2) is 36.4 Å². The lowest BCUT2D eigenvalue weighted by Gasteiger charge is -2.06. The molecule has 0 saturated heterocycles. The molecule has 18 heavy (non-hydrogen) atoms. The molecule has 0 aromatic heterocycles. The predicted octanol–water partition coefficient (Wildman–Crippen LogP) is 5.12. The van der Waals surface area contributed by atoms with Gasteiger partial charge in [-0.05, 0) is 53.1 Å². The Hall–Kier alpha value is -1.27. The molecule has 0 N–H and O–H groups in total. The molecule has 0 radical (unpaired) electrons. The largest absolute Gasteiger partial charge is 0.118 e. The number of benzene rings is 2. The van der Waals surface area contributed by atoms with Gasteiger partial charge in [-0.15, -0.1) is 11.6 Å². The van der Waals surface area contributed by atoms with E-state index < -0.39 is 0 Å². The zero-order valence-electron chi connectivity index (χ0n) is 10.8. The molecule has 1 aliphatic rings. The van der Waals surface area contributed by atoms with Crippen molar-refractivity contribution < 1.29 is 0 Å². The van der Waals surface area contributed by atoms with Gasteiger partial charge in [-0.3, -0.25) is 0 Å². The van der Waals surface area contributed by atoms with Gasteiger partial charge in [0.05, 0.1) is 5.38 Å². The molecule has 92 valence electrons. The quantitative estimate of drug-likeness (QED) is 0.558. The molecule has 0 fully saturated rings. The number of hydrogen-bond donors (Lipinski definition) is 0. The average Bonchev–Trinajstić information content (AvgIpc) is 2.74. The fourth-order valence-corrected chi connectivity index (χ4v) is 2.89. The highest BCUT2D eigenvalue weighted by molar-refractivity contribution is 6.20. The topological polar surface area (TPSA) is 0 Å². The zero-order valence-corrected chi connectivity index (χ0v) is 11.6. The van der Waals surface area contributed by atoms with E-state index in [0.717, 1.165) is 12.8 Å². The summed E-state index contributed by atoms with van der Waals surface area (Å²) in [7, 11) is 0. The van der Waals surface area contributed by atoms with Crippen LogP contribution in [0.25, 0.3) is 11.1 Å². The summed E-state index contributed by atoms with van der Waals surface area (Å²) in [6.07, 6.45) is 2.16. The second-order valence-electron chi connectivity index (χ2n) is 5.05.